The van der Waals surface area contributed by atoms with E-state index in [2.05, 4.69) is 11.1 Å². The Labute approximate surface area is 75.2 Å². The minimum atomic E-state index is 0.712. The third-order valence-electron chi connectivity index (χ3n) is 2.17. The number of hydrogen-bond acceptors (Lipinski definition) is 2. The molecule has 2 heterocycles. The summed E-state index contributed by atoms with van der Waals surface area (Å²) in [6.45, 7) is 0. The molecule has 0 saturated heterocycles. The molecule has 2 heteroatoms. The van der Waals surface area contributed by atoms with Crippen LogP contribution in [0.5, 0.6) is 0 Å². The minimum absolute atomic E-state index is 0.712. The lowest BCUT2D eigenvalue weighted by atomic mass is 10.1. The Morgan fingerprint density at radius 1 is 1.00 bits per heavy atom. The van der Waals surface area contributed by atoms with Crippen molar-refractivity contribution in [2.45, 2.75) is 0 Å². The highest BCUT2D eigenvalue weighted by atomic mass is 16.3. The molecular weight excluding hydrogens is 162 g/mol. The lowest BCUT2D eigenvalue weighted by molar-refractivity contribution is 0.552. The molecule has 0 fully saturated rings. The van der Waals surface area contributed by atoms with Crippen molar-refractivity contribution in [3.63, 3.8) is 0 Å². The van der Waals surface area contributed by atoms with Crippen molar-refractivity contribution in [1.82, 2.24) is 4.98 Å². The lowest BCUT2D eigenvalue weighted by Gasteiger charge is -1.92. The number of aromatic nitrogens is 1. The van der Waals surface area contributed by atoms with E-state index in [-0.39, 0.29) is 0 Å². The predicted octanol–water partition coefficient (Wildman–Crippen LogP) is 2.93. The number of nitrogens with zero attached hydrogens (tertiary/aromatic N) is 1. The molecule has 2 aliphatic heterocycles. The molecule has 13 heavy (non-hydrogen) atoms. The molecule has 0 atom stereocenters. The molecule has 0 spiro atoms. The summed E-state index contributed by atoms with van der Waals surface area (Å²) in [5, 5.41) is 1.15. The molecule has 0 N–H and O–H groups in total. The van der Waals surface area contributed by atoms with Gasteiger partial charge in [-0.3, -0.25) is 0 Å². The van der Waals surface area contributed by atoms with E-state index in [0.717, 1.165) is 16.5 Å². The van der Waals surface area contributed by atoms with Gasteiger partial charge in [0.1, 0.15) is 0 Å². The summed E-state index contributed by atoms with van der Waals surface area (Å²) in [7, 11) is 0. The second-order valence-electron chi connectivity index (χ2n) is 2.96. The predicted molar refractivity (Wildman–Crippen MR) is 50.6 cm³/mol. The maximum absolute atomic E-state index is 5.29. The van der Waals surface area contributed by atoms with Gasteiger partial charge >= 0.3 is 0 Å². The Morgan fingerprint density at radius 3 is 2.92 bits per heavy atom. The minimum Gasteiger partial charge on any atom is -0.446 e. The molecule has 0 bridgehead atoms. The Kier molecular flexibility index (Phi) is 1.19. The van der Waals surface area contributed by atoms with Crippen LogP contribution in [0.4, 0.5) is 0 Å². The average molecular weight is 169 g/mol. The Hall–Kier alpha value is -1.83. The Morgan fingerprint density at radius 2 is 1.92 bits per heavy atom. The number of benzene rings is 1. The van der Waals surface area contributed by atoms with Gasteiger partial charge in [0.2, 0.25) is 5.89 Å². The van der Waals surface area contributed by atoms with Crippen LogP contribution in [0.25, 0.3) is 22.4 Å². The van der Waals surface area contributed by atoms with Gasteiger partial charge in [0, 0.05) is 10.9 Å². The number of fused-ring (bicyclic) bond motifs is 3. The van der Waals surface area contributed by atoms with Crippen LogP contribution in [0.1, 0.15) is 0 Å². The van der Waals surface area contributed by atoms with Crippen LogP contribution in [0.3, 0.4) is 0 Å². The number of para-hydroxylation sites is 1. The van der Waals surface area contributed by atoms with Crippen LogP contribution in [-0.4, -0.2) is 4.98 Å². The zero-order valence-corrected chi connectivity index (χ0v) is 6.90. The van der Waals surface area contributed by atoms with Gasteiger partial charge in [-0.15, -0.1) is 0 Å². The zero-order chi connectivity index (χ0) is 8.67. The maximum atomic E-state index is 5.29. The fourth-order valence-electron chi connectivity index (χ4n) is 1.57. The number of hydrogen-bond donors (Lipinski definition) is 0. The van der Waals surface area contributed by atoms with Crippen LogP contribution in [0, 0.1) is 0 Å². The van der Waals surface area contributed by atoms with Crippen molar-refractivity contribution < 1.29 is 4.42 Å². The third-order valence-corrected chi connectivity index (χ3v) is 2.17. The largest absolute Gasteiger partial charge is 0.446 e. The monoisotopic (exact) mass is 169 g/mol. The molecule has 1 aromatic carbocycles. The first kappa shape index (κ1) is 6.66. The Balaban J connectivity index is 2.56. The number of rotatable bonds is 0. The van der Waals surface area contributed by atoms with E-state index in [1.807, 2.05) is 30.3 Å². The van der Waals surface area contributed by atoms with Gasteiger partial charge in [0.15, 0.2) is 0 Å². The van der Waals surface area contributed by atoms with Crippen molar-refractivity contribution in [3.8, 4) is 11.5 Å². The van der Waals surface area contributed by atoms with E-state index in [9.17, 15) is 0 Å². The maximum Gasteiger partial charge on any atom is 0.226 e. The van der Waals surface area contributed by atoms with E-state index in [1.165, 1.54) is 0 Å². The molecule has 3 rings (SSSR count). The van der Waals surface area contributed by atoms with Crippen molar-refractivity contribution in [2.24, 2.45) is 0 Å². The highest BCUT2D eigenvalue weighted by Crippen LogP contribution is 2.29. The van der Waals surface area contributed by atoms with Gasteiger partial charge in [0.05, 0.1) is 11.8 Å². The van der Waals surface area contributed by atoms with E-state index in [0.29, 0.717) is 5.89 Å². The van der Waals surface area contributed by atoms with Gasteiger partial charge < -0.3 is 4.42 Å². The second-order valence-corrected chi connectivity index (χ2v) is 2.96. The first-order valence-electron chi connectivity index (χ1n) is 4.17. The molecule has 62 valence electrons. The molecule has 0 unspecified atom stereocenters. The molecule has 2 nitrogen and oxygen atoms in total. The standard InChI is InChI=1S/C11H7NO/c1-2-6-10-8(4-1)9-5-3-7-13-11(9)12-10/h1-7H. The first-order valence-corrected chi connectivity index (χ1v) is 4.17. The van der Waals surface area contributed by atoms with Crippen LogP contribution < -0.4 is 0 Å². The highest BCUT2D eigenvalue weighted by molar-refractivity contribution is 5.95. The summed E-state index contributed by atoms with van der Waals surface area (Å²) in [5.74, 6) is 0.712. The van der Waals surface area contributed by atoms with Crippen molar-refractivity contribution in [2.75, 3.05) is 0 Å². The summed E-state index contributed by atoms with van der Waals surface area (Å²) in [4.78, 5) is 4.35. The molecular formula is C11H7NO. The molecule has 0 aliphatic carbocycles. The normalized spacial score (nSPS) is 11.1. The van der Waals surface area contributed by atoms with Gasteiger partial charge in [-0.25, -0.2) is 4.98 Å². The van der Waals surface area contributed by atoms with Gasteiger partial charge in [0.25, 0.3) is 0 Å². The topological polar surface area (TPSA) is 26.0 Å². The quantitative estimate of drug-likeness (QED) is 0.517. The van der Waals surface area contributed by atoms with Gasteiger partial charge in [-0.1, -0.05) is 18.2 Å². The van der Waals surface area contributed by atoms with E-state index in [1.54, 1.807) is 6.26 Å². The second kappa shape index (κ2) is 2.33. The molecule has 0 radical (unpaired) electrons. The van der Waals surface area contributed by atoms with Crippen LogP contribution in [-0.2, 0) is 0 Å². The Bertz CT molecular complexity index is 527. The molecule has 1 aromatic rings. The summed E-state index contributed by atoms with van der Waals surface area (Å²) in [5.41, 5.74) is 2.07. The fourth-order valence-corrected chi connectivity index (χ4v) is 1.57. The van der Waals surface area contributed by atoms with Crippen LogP contribution in [0.15, 0.2) is 47.1 Å². The smallest absolute Gasteiger partial charge is 0.226 e. The van der Waals surface area contributed by atoms with Gasteiger partial charge in [-0.2, -0.15) is 0 Å². The third kappa shape index (κ3) is 0.855. The van der Waals surface area contributed by atoms with Gasteiger partial charge in [-0.05, 0) is 18.2 Å². The van der Waals surface area contributed by atoms with Crippen LogP contribution in [0.2, 0.25) is 0 Å². The lowest BCUT2D eigenvalue weighted by Crippen LogP contribution is -1.72. The molecule has 0 saturated carbocycles. The fraction of sp³-hybridized carbons (Fsp3) is 0. The zero-order valence-electron chi connectivity index (χ0n) is 6.90. The van der Waals surface area contributed by atoms with E-state index in [4.69, 9.17) is 4.42 Å². The first-order chi connectivity index (χ1) is 6.45. The summed E-state index contributed by atoms with van der Waals surface area (Å²) >= 11 is 0. The molecule has 0 aromatic heterocycles. The SMILES string of the molecule is c1coc2nc3ccccc3c-2c1. The van der Waals surface area contributed by atoms with Crippen molar-refractivity contribution in [1.29, 1.82) is 0 Å². The van der Waals surface area contributed by atoms with Crippen LogP contribution >= 0.6 is 0 Å². The molecule has 0 amide bonds. The highest BCUT2D eigenvalue weighted by Gasteiger charge is 2.11. The van der Waals surface area contributed by atoms with E-state index < -0.39 is 0 Å². The van der Waals surface area contributed by atoms with Crippen molar-refractivity contribution >= 4 is 10.9 Å². The van der Waals surface area contributed by atoms with Crippen molar-refractivity contribution in [3.05, 3.63) is 42.7 Å². The average Bonchev–Trinajstić information content (AvgIpc) is 2.56. The van der Waals surface area contributed by atoms with E-state index >= 15 is 0 Å². The summed E-state index contributed by atoms with van der Waals surface area (Å²) in [6, 6.07) is 11.9. The summed E-state index contributed by atoms with van der Waals surface area (Å²) in [6.07, 6.45) is 1.65. The molecule has 2 aliphatic rings. The summed E-state index contributed by atoms with van der Waals surface area (Å²) < 4.78 is 5.29.